The molecule has 1 heterocycles. The largest absolute Gasteiger partial charge is 0.385 e. The monoisotopic (exact) mass is 461 g/mol. The lowest BCUT2D eigenvalue weighted by Crippen LogP contribution is -2.54. The number of hydrogen-bond donors (Lipinski definition) is 3. The van der Waals surface area contributed by atoms with Gasteiger partial charge in [-0.15, -0.1) is 0 Å². The van der Waals surface area contributed by atoms with Crippen molar-refractivity contribution in [2.45, 2.75) is 77.9 Å². The summed E-state index contributed by atoms with van der Waals surface area (Å²) in [6, 6.07) is 8.28. The van der Waals surface area contributed by atoms with Crippen molar-refractivity contribution in [1.82, 2.24) is 15.5 Å². The second-order valence-corrected chi connectivity index (χ2v) is 11.0. The summed E-state index contributed by atoms with van der Waals surface area (Å²) in [5.74, 6) is 0.00621. The number of likely N-dealkylation sites (N-methyl/N-ethyl adjacent to an activating group) is 1. The minimum atomic E-state index is -0.950. The third-order valence-electron chi connectivity index (χ3n) is 6.70. The van der Waals surface area contributed by atoms with Gasteiger partial charge in [-0.2, -0.15) is 0 Å². The van der Waals surface area contributed by atoms with Crippen LogP contribution in [0.15, 0.2) is 24.3 Å². The van der Waals surface area contributed by atoms with Gasteiger partial charge in [0, 0.05) is 45.3 Å². The average Bonchev–Trinajstić information content (AvgIpc) is 2.75. The zero-order valence-corrected chi connectivity index (χ0v) is 21.7. The van der Waals surface area contributed by atoms with Gasteiger partial charge in [0.15, 0.2) is 0 Å². The fourth-order valence-corrected chi connectivity index (χ4v) is 5.12. The van der Waals surface area contributed by atoms with Gasteiger partial charge in [-0.05, 0) is 63.5 Å². The summed E-state index contributed by atoms with van der Waals surface area (Å²) in [6.07, 6.45) is 5.20. The predicted octanol–water partition coefficient (Wildman–Crippen LogP) is 4.45. The van der Waals surface area contributed by atoms with Gasteiger partial charge in [0.25, 0.3) is 0 Å². The van der Waals surface area contributed by atoms with Crippen molar-refractivity contribution in [3.63, 3.8) is 0 Å². The van der Waals surface area contributed by atoms with Crippen molar-refractivity contribution < 1.29 is 14.6 Å². The van der Waals surface area contributed by atoms with Gasteiger partial charge in [0.2, 0.25) is 0 Å². The van der Waals surface area contributed by atoms with Crippen LogP contribution in [-0.4, -0.2) is 62.5 Å². The van der Waals surface area contributed by atoms with Crippen LogP contribution >= 0.6 is 0 Å². The van der Waals surface area contributed by atoms with Crippen LogP contribution in [0.3, 0.4) is 0 Å². The number of unbranched alkanes of at least 4 members (excludes halogenated alkanes) is 1. The molecular weight excluding hydrogens is 414 g/mol. The Balaban J connectivity index is 2.16. The lowest BCUT2D eigenvalue weighted by Gasteiger charge is -2.43. The molecule has 0 radical (unpaired) electrons. The number of methoxy groups -OCH3 is 1. The SMILES string of the molecule is CNCC(CC(C)(C)C)NC(=O)N1CCCC([C@@](O)(CCCCOC)c2cccc(C)c2)C1. The molecule has 2 unspecified atom stereocenters. The average molecular weight is 462 g/mol. The van der Waals surface area contributed by atoms with Gasteiger partial charge in [0.05, 0.1) is 5.60 Å². The first-order valence-electron chi connectivity index (χ1n) is 12.6. The number of carbonyl (C=O) groups excluding carboxylic acids is 1. The Bertz CT molecular complexity index is 734. The number of carbonyl (C=O) groups is 1. The first-order valence-corrected chi connectivity index (χ1v) is 12.6. The summed E-state index contributed by atoms with van der Waals surface area (Å²) in [5.41, 5.74) is 1.29. The highest BCUT2D eigenvalue weighted by Gasteiger charge is 2.41. The molecule has 6 heteroatoms. The maximum Gasteiger partial charge on any atom is 0.317 e. The van der Waals surface area contributed by atoms with Gasteiger partial charge >= 0.3 is 6.03 Å². The van der Waals surface area contributed by atoms with Crippen molar-refractivity contribution in [2.24, 2.45) is 11.3 Å². The van der Waals surface area contributed by atoms with Crippen LogP contribution in [0, 0.1) is 18.3 Å². The molecule has 2 rings (SSSR count). The van der Waals surface area contributed by atoms with E-state index < -0.39 is 5.60 Å². The number of amides is 2. The Morgan fingerprint density at radius 2 is 2.06 bits per heavy atom. The van der Waals surface area contributed by atoms with E-state index in [1.54, 1.807) is 7.11 Å². The van der Waals surface area contributed by atoms with Gasteiger partial charge in [-0.25, -0.2) is 4.79 Å². The highest BCUT2D eigenvalue weighted by atomic mass is 16.5. The maximum absolute atomic E-state index is 13.2. The molecule has 1 saturated heterocycles. The molecule has 1 fully saturated rings. The molecule has 1 aliphatic heterocycles. The van der Waals surface area contributed by atoms with Crippen LogP contribution in [-0.2, 0) is 10.3 Å². The van der Waals surface area contributed by atoms with E-state index in [0.29, 0.717) is 19.6 Å². The minimum Gasteiger partial charge on any atom is -0.385 e. The first-order chi connectivity index (χ1) is 15.6. The van der Waals surface area contributed by atoms with Crippen molar-refractivity contribution in [3.8, 4) is 0 Å². The molecule has 3 atom stereocenters. The van der Waals surface area contributed by atoms with Crippen molar-refractivity contribution in [1.29, 1.82) is 0 Å². The van der Waals surface area contributed by atoms with Crippen molar-refractivity contribution in [2.75, 3.05) is 40.4 Å². The van der Waals surface area contributed by atoms with Crippen molar-refractivity contribution >= 4 is 6.03 Å². The van der Waals surface area contributed by atoms with E-state index in [1.807, 2.05) is 24.1 Å². The molecule has 1 aliphatic rings. The number of ether oxygens (including phenoxy) is 1. The van der Waals surface area contributed by atoms with Gasteiger partial charge in [-0.1, -0.05) is 50.6 Å². The molecule has 0 bridgehead atoms. The number of nitrogens with one attached hydrogen (secondary N) is 2. The van der Waals surface area contributed by atoms with Crippen LogP contribution in [0.25, 0.3) is 0 Å². The lowest BCUT2D eigenvalue weighted by molar-refractivity contribution is -0.0564. The summed E-state index contributed by atoms with van der Waals surface area (Å²) in [6.45, 7) is 11.4. The Morgan fingerprint density at radius 3 is 2.70 bits per heavy atom. The summed E-state index contributed by atoms with van der Waals surface area (Å²) >= 11 is 0. The van der Waals surface area contributed by atoms with Crippen LogP contribution in [0.5, 0.6) is 0 Å². The van der Waals surface area contributed by atoms with E-state index in [-0.39, 0.29) is 23.4 Å². The normalized spacial score (nSPS) is 19.7. The minimum absolute atomic E-state index is 0.00621. The van der Waals surface area contributed by atoms with E-state index in [4.69, 9.17) is 4.74 Å². The Labute approximate surface area is 201 Å². The van der Waals surface area contributed by atoms with Gasteiger partial charge in [0.1, 0.15) is 0 Å². The topological polar surface area (TPSA) is 73.8 Å². The number of urea groups is 1. The molecule has 2 amide bonds. The summed E-state index contributed by atoms with van der Waals surface area (Å²) < 4.78 is 5.22. The number of aryl methyl sites for hydroxylation is 1. The number of piperidine rings is 1. The van der Waals surface area contributed by atoms with E-state index in [9.17, 15) is 9.90 Å². The zero-order valence-electron chi connectivity index (χ0n) is 21.7. The molecule has 1 aromatic carbocycles. The second-order valence-electron chi connectivity index (χ2n) is 11.0. The molecule has 0 aliphatic carbocycles. The van der Waals surface area contributed by atoms with E-state index in [2.05, 4.69) is 50.5 Å². The Morgan fingerprint density at radius 1 is 1.30 bits per heavy atom. The molecule has 33 heavy (non-hydrogen) atoms. The molecule has 0 aromatic heterocycles. The van der Waals surface area contributed by atoms with Gasteiger partial charge in [-0.3, -0.25) is 0 Å². The smallest absolute Gasteiger partial charge is 0.317 e. The molecule has 1 aromatic rings. The van der Waals surface area contributed by atoms with Crippen molar-refractivity contribution in [3.05, 3.63) is 35.4 Å². The quantitative estimate of drug-likeness (QED) is 0.426. The highest BCUT2D eigenvalue weighted by Crippen LogP contribution is 2.40. The highest BCUT2D eigenvalue weighted by molar-refractivity contribution is 5.74. The number of rotatable bonds is 11. The van der Waals surface area contributed by atoms with E-state index in [1.165, 1.54) is 0 Å². The molecular formula is C27H47N3O3. The zero-order chi connectivity index (χ0) is 24.5. The molecule has 3 N–H and O–H groups in total. The van der Waals surface area contributed by atoms with Crippen LogP contribution < -0.4 is 10.6 Å². The third kappa shape index (κ3) is 8.58. The fraction of sp³-hybridized carbons (Fsp3) is 0.741. The first kappa shape index (κ1) is 27.6. The summed E-state index contributed by atoms with van der Waals surface area (Å²) in [4.78, 5) is 15.1. The molecule has 6 nitrogen and oxygen atoms in total. The van der Waals surface area contributed by atoms with Crippen LogP contribution in [0.1, 0.15) is 70.4 Å². The molecule has 0 saturated carbocycles. The Hall–Kier alpha value is -1.63. The molecule has 188 valence electrons. The summed E-state index contributed by atoms with van der Waals surface area (Å²) in [7, 11) is 3.63. The van der Waals surface area contributed by atoms with E-state index in [0.717, 1.165) is 56.3 Å². The second kappa shape index (κ2) is 12.7. The third-order valence-corrected chi connectivity index (χ3v) is 6.70. The summed E-state index contributed by atoms with van der Waals surface area (Å²) in [5, 5.41) is 18.5. The van der Waals surface area contributed by atoms with E-state index >= 15 is 0 Å². The number of hydrogen-bond acceptors (Lipinski definition) is 4. The standard InChI is InChI=1S/C27H47N3O3/c1-21-11-9-12-22(17-21)27(32,14-7-8-16-33-6)23-13-10-15-30(20-23)25(31)29-24(19-28-5)18-26(2,3)4/h9,11-12,17,23-24,28,32H,7-8,10,13-16,18-20H2,1-6H3,(H,29,31)/t23?,24?,27-/m1/s1. The van der Waals surface area contributed by atoms with Gasteiger partial charge < -0.3 is 25.4 Å². The number of benzene rings is 1. The molecule has 0 spiro atoms. The fourth-order valence-electron chi connectivity index (χ4n) is 5.12. The predicted molar refractivity (Wildman–Crippen MR) is 135 cm³/mol. The Kier molecular flexibility index (Phi) is 10.6. The van der Waals surface area contributed by atoms with Crippen LogP contribution in [0.4, 0.5) is 4.79 Å². The number of nitrogens with zero attached hydrogens (tertiary/aromatic N) is 1. The maximum atomic E-state index is 13.2. The number of aliphatic hydroxyl groups is 1. The number of likely N-dealkylation sites (tertiary alicyclic amines) is 1. The van der Waals surface area contributed by atoms with Crippen LogP contribution in [0.2, 0.25) is 0 Å². The lowest BCUT2D eigenvalue weighted by atomic mass is 9.74.